The molecule has 3 aromatic carbocycles. The summed E-state index contributed by atoms with van der Waals surface area (Å²) < 4.78 is 27.4. The zero-order chi connectivity index (χ0) is 34.5. The highest BCUT2D eigenvalue weighted by atomic mass is 32.2. The van der Waals surface area contributed by atoms with Crippen molar-refractivity contribution in [1.82, 2.24) is 0 Å². The summed E-state index contributed by atoms with van der Waals surface area (Å²) in [4.78, 5) is 50.7. The number of carbonyl (C=O) groups is 4. The minimum absolute atomic E-state index is 0.0809. The van der Waals surface area contributed by atoms with Gasteiger partial charge in [0.25, 0.3) is 0 Å². The lowest BCUT2D eigenvalue weighted by atomic mass is 10.1. The first kappa shape index (κ1) is 35.9. The molecule has 0 amide bonds. The maximum Gasteiger partial charge on any atom is 0.350 e. The first-order chi connectivity index (χ1) is 23.3. The van der Waals surface area contributed by atoms with Gasteiger partial charge in [0.2, 0.25) is 0 Å². The van der Waals surface area contributed by atoms with E-state index in [0.29, 0.717) is 38.4 Å². The summed E-state index contributed by atoms with van der Waals surface area (Å²) in [7, 11) is 0. The lowest BCUT2D eigenvalue weighted by molar-refractivity contribution is -0.138. The predicted octanol–water partition coefficient (Wildman–Crippen LogP) is 7.46. The maximum absolute atomic E-state index is 13.2. The number of esters is 4. The molecule has 3 aromatic rings. The Kier molecular flexibility index (Phi) is 13.3. The highest BCUT2D eigenvalue weighted by molar-refractivity contribution is 8.24. The fraction of sp³-hybridized carbons (Fsp3) is 0.250. The van der Waals surface area contributed by atoms with Crippen molar-refractivity contribution in [2.45, 2.75) is 49.3 Å². The van der Waals surface area contributed by atoms with Crippen LogP contribution in [0.15, 0.2) is 92.9 Å². The highest BCUT2D eigenvalue weighted by Gasteiger charge is 2.32. The van der Waals surface area contributed by atoms with Crippen molar-refractivity contribution in [3.05, 3.63) is 99.8 Å². The molecule has 0 bridgehead atoms. The molecule has 0 saturated carbocycles. The monoisotopic (exact) mass is 687 g/mol. The number of carbonyl (C=O) groups excluding carboxylic acids is 4. The number of ether oxygens (including phenoxy) is 5. The molecule has 0 spiro atoms. The van der Waals surface area contributed by atoms with Crippen LogP contribution in [0.3, 0.4) is 0 Å². The molecule has 0 fully saturated rings. The van der Waals surface area contributed by atoms with Crippen LogP contribution in [0.1, 0.15) is 59.4 Å². The van der Waals surface area contributed by atoms with E-state index < -0.39 is 23.9 Å². The maximum atomic E-state index is 13.2. The first-order valence-electron chi connectivity index (χ1n) is 15.2. The number of thioether (sulfide) groups is 2. The number of hydrogen-bond acceptors (Lipinski definition) is 12. The van der Waals surface area contributed by atoms with Gasteiger partial charge >= 0.3 is 23.9 Å². The van der Waals surface area contributed by atoms with Gasteiger partial charge in [-0.25, -0.2) is 19.2 Å². The summed E-state index contributed by atoms with van der Waals surface area (Å²) in [6.07, 6.45) is 4.59. The van der Waals surface area contributed by atoms with E-state index in [1.165, 1.54) is 12.1 Å². The van der Waals surface area contributed by atoms with Gasteiger partial charge in [0.15, 0.2) is 5.57 Å². The minimum Gasteiger partial charge on any atom is -0.493 e. The summed E-state index contributed by atoms with van der Waals surface area (Å²) in [5.41, 5.74) is 1.51. The first-order valence-corrected chi connectivity index (χ1v) is 16.8. The third-order valence-electron chi connectivity index (χ3n) is 6.70. The summed E-state index contributed by atoms with van der Waals surface area (Å²) >= 11 is 2.10. The van der Waals surface area contributed by atoms with Gasteiger partial charge in [0, 0.05) is 12.5 Å². The van der Waals surface area contributed by atoms with Crippen LogP contribution in [-0.4, -0.2) is 43.7 Å². The molecule has 0 atom stereocenters. The molecule has 0 aromatic heterocycles. The standard InChI is InChI=1S/C36H33NO9S2/c1-4-7-9-23-10-12-24(13-11-23)33(39)45-28-18-19-29(32-31(28)47-36(48-32)27(22-37)35(41)42-6-3)46-34(40)25-14-16-26(17-15-25)43-20-8-21-44-30(38)5-2/h5,10-19H,2,4,6-9,20-21H2,1,3H3/b36-27+. The van der Waals surface area contributed by atoms with Gasteiger partial charge in [-0.1, -0.05) is 55.6 Å². The number of nitrogens with zero attached hydrogens (tertiary/aromatic N) is 1. The van der Waals surface area contributed by atoms with Gasteiger partial charge < -0.3 is 23.7 Å². The van der Waals surface area contributed by atoms with E-state index in [2.05, 4.69) is 13.5 Å². The van der Waals surface area contributed by atoms with Crippen LogP contribution in [0.5, 0.6) is 17.2 Å². The van der Waals surface area contributed by atoms with Gasteiger partial charge in [-0.05, 0) is 73.9 Å². The average Bonchev–Trinajstić information content (AvgIpc) is 3.54. The third-order valence-corrected chi connectivity index (χ3v) is 9.32. The molecule has 0 aliphatic carbocycles. The van der Waals surface area contributed by atoms with E-state index in [0.717, 1.165) is 54.4 Å². The minimum atomic E-state index is -0.789. The van der Waals surface area contributed by atoms with Crippen molar-refractivity contribution in [1.29, 1.82) is 5.26 Å². The molecule has 1 aliphatic heterocycles. The normalized spacial score (nSPS) is 12.6. The lowest BCUT2D eigenvalue weighted by Gasteiger charge is -2.12. The van der Waals surface area contributed by atoms with Crippen molar-refractivity contribution < 1.29 is 42.9 Å². The quantitative estimate of drug-likeness (QED) is 0.0515. The van der Waals surface area contributed by atoms with E-state index in [1.807, 2.05) is 18.2 Å². The van der Waals surface area contributed by atoms with Crippen LogP contribution < -0.4 is 14.2 Å². The second kappa shape index (κ2) is 17.8. The number of rotatable bonds is 15. The Balaban J connectivity index is 1.53. The van der Waals surface area contributed by atoms with Crippen molar-refractivity contribution in [2.24, 2.45) is 0 Å². The number of hydrogen-bond donors (Lipinski definition) is 0. The van der Waals surface area contributed by atoms with E-state index >= 15 is 0 Å². The van der Waals surface area contributed by atoms with Crippen molar-refractivity contribution in [2.75, 3.05) is 19.8 Å². The van der Waals surface area contributed by atoms with Crippen molar-refractivity contribution in [3.63, 3.8) is 0 Å². The van der Waals surface area contributed by atoms with E-state index in [9.17, 15) is 24.4 Å². The summed E-state index contributed by atoms with van der Waals surface area (Å²) in [6.45, 7) is 7.65. The van der Waals surface area contributed by atoms with Crippen LogP contribution in [0.2, 0.25) is 0 Å². The molecule has 0 radical (unpaired) electrons. The van der Waals surface area contributed by atoms with Crippen LogP contribution >= 0.6 is 23.5 Å². The Morgan fingerprint density at radius 1 is 0.792 bits per heavy atom. The fourth-order valence-electron chi connectivity index (χ4n) is 4.24. The zero-order valence-corrected chi connectivity index (χ0v) is 28.1. The Morgan fingerprint density at radius 3 is 1.90 bits per heavy atom. The number of unbranched alkanes of at least 4 members (excludes halogenated alkanes) is 1. The molecule has 0 saturated heterocycles. The Bertz CT molecular complexity index is 1740. The second-order valence-corrected chi connectivity index (χ2v) is 12.4. The van der Waals surface area contributed by atoms with Gasteiger partial charge in [-0.2, -0.15) is 5.26 Å². The number of nitriles is 1. The fourth-order valence-corrected chi connectivity index (χ4v) is 6.80. The summed E-state index contributed by atoms with van der Waals surface area (Å²) in [5, 5.41) is 9.76. The molecule has 248 valence electrons. The summed E-state index contributed by atoms with van der Waals surface area (Å²) in [6, 6.07) is 18.4. The van der Waals surface area contributed by atoms with E-state index in [-0.39, 0.29) is 35.8 Å². The van der Waals surface area contributed by atoms with Crippen LogP contribution in [-0.2, 0) is 25.5 Å². The second-order valence-electron chi connectivity index (χ2n) is 10.1. The zero-order valence-electron chi connectivity index (χ0n) is 26.4. The molecular weight excluding hydrogens is 655 g/mol. The average molecular weight is 688 g/mol. The van der Waals surface area contributed by atoms with Crippen molar-refractivity contribution >= 4 is 47.4 Å². The Hall–Kier alpha value is -4.99. The highest BCUT2D eigenvalue weighted by Crippen LogP contribution is 2.59. The lowest BCUT2D eigenvalue weighted by Crippen LogP contribution is -2.11. The third kappa shape index (κ3) is 9.53. The van der Waals surface area contributed by atoms with Crippen LogP contribution in [0, 0.1) is 11.3 Å². The molecule has 1 heterocycles. The van der Waals surface area contributed by atoms with Gasteiger partial charge in [0.05, 0.1) is 45.0 Å². The number of aryl methyl sites for hydroxylation is 1. The number of benzene rings is 3. The summed E-state index contributed by atoms with van der Waals surface area (Å²) in [5.74, 6) is -1.70. The van der Waals surface area contributed by atoms with E-state index in [1.54, 1.807) is 43.3 Å². The molecule has 10 nitrogen and oxygen atoms in total. The molecule has 0 unspecified atom stereocenters. The van der Waals surface area contributed by atoms with Crippen LogP contribution in [0.25, 0.3) is 0 Å². The molecule has 4 rings (SSSR count). The Labute approximate surface area is 287 Å². The molecule has 12 heteroatoms. The largest absolute Gasteiger partial charge is 0.493 e. The molecule has 0 N–H and O–H groups in total. The molecule has 48 heavy (non-hydrogen) atoms. The SMILES string of the molecule is C=CC(=O)OCCCOc1ccc(C(=O)Oc2ccc(OC(=O)c3ccc(CCCC)cc3)c3c2S/C(=C(\C#N)C(=O)OCC)S3)cc1. The topological polar surface area (TPSA) is 138 Å². The van der Waals surface area contributed by atoms with Gasteiger partial charge in [-0.3, -0.25) is 0 Å². The van der Waals surface area contributed by atoms with Crippen molar-refractivity contribution in [3.8, 4) is 23.3 Å². The van der Waals surface area contributed by atoms with Crippen LogP contribution in [0.4, 0.5) is 0 Å². The molecular formula is C36H33NO9S2. The molecule has 1 aliphatic rings. The van der Waals surface area contributed by atoms with E-state index in [4.69, 9.17) is 23.7 Å². The van der Waals surface area contributed by atoms with Gasteiger partial charge in [-0.15, -0.1) is 0 Å². The smallest absolute Gasteiger partial charge is 0.350 e. The number of fused-ring (bicyclic) bond motifs is 1. The van der Waals surface area contributed by atoms with Gasteiger partial charge in [0.1, 0.15) is 23.3 Å². The Morgan fingerprint density at radius 2 is 1.38 bits per heavy atom. The predicted molar refractivity (Wildman–Crippen MR) is 180 cm³/mol.